The Kier molecular flexibility index (Phi) is 9.93. The van der Waals surface area contributed by atoms with E-state index in [1.807, 2.05) is 0 Å². The number of ether oxygens (including phenoxy) is 1. The summed E-state index contributed by atoms with van der Waals surface area (Å²) in [6, 6.07) is 9.00. The lowest BCUT2D eigenvalue weighted by atomic mass is 10.1. The summed E-state index contributed by atoms with van der Waals surface area (Å²) in [6.07, 6.45) is 4.08. The van der Waals surface area contributed by atoms with Crippen LogP contribution in [0.15, 0.2) is 29.3 Å². The first-order chi connectivity index (χ1) is 14.7. The number of morpholine rings is 1. The van der Waals surface area contributed by atoms with Crippen LogP contribution >= 0.6 is 0 Å². The van der Waals surface area contributed by atoms with Crippen molar-refractivity contribution in [1.82, 2.24) is 20.4 Å². The van der Waals surface area contributed by atoms with Crippen molar-refractivity contribution in [2.75, 3.05) is 59.0 Å². The van der Waals surface area contributed by atoms with Crippen molar-refractivity contribution < 1.29 is 4.74 Å². The number of nitrogens with one attached hydrogen (secondary N) is 2. The monoisotopic (exact) mass is 415 g/mol. The molecule has 0 bridgehead atoms. The molecule has 6 heteroatoms. The van der Waals surface area contributed by atoms with Crippen LogP contribution in [0.2, 0.25) is 0 Å². The van der Waals surface area contributed by atoms with Gasteiger partial charge in [0.2, 0.25) is 0 Å². The van der Waals surface area contributed by atoms with Crippen molar-refractivity contribution in [3.8, 4) is 0 Å². The number of benzene rings is 1. The summed E-state index contributed by atoms with van der Waals surface area (Å²) < 4.78 is 5.44. The van der Waals surface area contributed by atoms with E-state index in [0.717, 1.165) is 58.4 Å². The lowest BCUT2D eigenvalue weighted by Crippen LogP contribution is -2.44. The van der Waals surface area contributed by atoms with E-state index < -0.39 is 0 Å². The first-order valence-corrected chi connectivity index (χ1v) is 11.9. The number of piperidine rings is 1. The Morgan fingerprint density at radius 2 is 1.67 bits per heavy atom. The highest BCUT2D eigenvalue weighted by Crippen LogP contribution is 2.14. The predicted molar refractivity (Wildman–Crippen MR) is 125 cm³/mol. The molecule has 1 aromatic carbocycles. The first kappa shape index (κ1) is 23.0. The summed E-state index contributed by atoms with van der Waals surface area (Å²) in [6.45, 7) is 15.4. The SMILES string of the molecule is CCNC(=NCc1ccc(CN2CCCCC2)cc1)NCC(C)CN1CCOCC1. The zero-order chi connectivity index (χ0) is 21.0. The van der Waals surface area contributed by atoms with Crippen molar-refractivity contribution in [2.24, 2.45) is 10.9 Å². The third-order valence-corrected chi connectivity index (χ3v) is 5.93. The van der Waals surface area contributed by atoms with E-state index in [9.17, 15) is 0 Å². The first-order valence-electron chi connectivity index (χ1n) is 11.9. The molecule has 0 spiro atoms. The predicted octanol–water partition coefficient (Wildman–Crippen LogP) is 2.70. The second kappa shape index (κ2) is 12.9. The zero-order valence-electron chi connectivity index (χ0n) is 19.0. The number of hydrogen-bond donors (Lipinski definition) is 2. The molecule has 30 heavy (non-hydrogen) atoms. The van der Waals surface area contributed by atoms with E-state index in [4.69, 9.17) is 9.73 Å². The van der Waals surface area contributed by atoms with Crippen LogP contribution in [0.25, 0.3) is 0 Å². The number of nitrogens with zero attached hydrogens (tertiary/aromatic N) is 3. The summed E-state index contributed by atoms with van der Waals surface area (Å²) in [7, 11) is 0. The summed E-state index contributed by atoms with van der Waals surface area (Å²) in [5, 5.41) is 6.90. The molecule has 2 aliphatic heterocycles. The lowest BCUT2D eigenvalue weighted by molar-refractivity contribution is 0.0320. The van der Waals surface area contributed by atoms with E-state index >= 15 is 0 Å². The maximum Gasteiger partial charge on any atom is 0.191 e. The largest absolute Gasteiger partial charge is 0.379 e. The molecule has 2 heterocycles. The van der Waals surface area contributed by atoms with E-state index in [0.29, 0.717) is 12.5 Å². The number of guanidine groups is 1. The van der Waals surface area contributed by atoms with Gasteiger partial charge in [0.1, 0.15) is 0 Å². The lowest BCUT2D eigenvalue weighted by Gasteiger charge is -2.29. The van der Waals surface area contributed by atoms with Gasteiger partial charge in [0.25, 0.3) is 0 Å². The minimum absolute atomic E-state index is 0.570. The summed E-state index contributed by atoms with van der Waals surface area (Å²) >= 11 is 0. The Morgan fingerprint density at radius 1 is 0.967 bits per heavy atom. The van der Waals surface area contributed by atoms with E-state index in [1.54, 1.807) is 0 Å². The molecule has 2 aliphatic rings. The summed E-state index contributed by atoms with van der Waals surface area (Å²) in [5.41, 5.74) is 2.67. The molecule has 3 rings (SSSR count). The number of hydrogen-bond acceptors (Lipinski definition) is 4. The molecule has 6 nitrogen and oxygen atoms in total. The van der Waals surface area contributed by atoms with Crippen LogP contribution in [0.5, 0.6) is 0 Å². The molecular weight excluding hydrogens is 374 g/mol. The Morgan fingerprint density at radius 3 is 2.37 bits per heavy atom. The summed E-state index contributed by atoms with van der Waals surface area (Å²) in [4.78, 5) is 9.86. The van der Waals surface area contributed by atoms with Gasteiger partial charge in [0, 0.05) is 39.3 Å². The molecule has 2 N–H and O–H groups in total. The molecule has 0 aromatic heterocycles. The number of aliphatic imine (C=N–C) groups is 1. The molecule has 0 saturated carbocycles. The minimum atomic E-state index is 0.570. The van der Waals surface area contributed by atoms with Gasteiger partial charge in [-0.25, -0.2) is 4.99 Å². The van der Waals surface area contributed by atoms with Crippen molar-refractivity contribution in [3.05, 3.63) is 35.4 Å². The van der Waals surface area contributed by atoms with Gasteiger partial charge in [-0.15, -0.1) is 0 Å². The fourth-order valence-electron chi connectivity index (χ4n) is 4.20. The fraction of sp³-hybridized carbons (Fsp3) is 0.708. The Hall–Kier alpha value is -1.63. The van der Waals surface area contributed by atoms with Gasteiger partial charge in [0.05, 0.1) is 19.8 Å². The second-order valence-electron chi connectivity index (χ2n) is 8.75. The van der Waals surface area contributed by atoms with Crippen LogP contribution < -0.4 is 10.6 Å². The molecular formula is C24H41N5O. The normalized spacial score (nSPS) is 20.1. The van der Waals surface area contributed by atoms with Crippen LogP contribution in [-0.2, 0) is 17.8 Å². The Balaban J connectivity index is 1.43. The highest BCUT2D eigenvalue weighted by atomic mass is 16.5. The van der Waals surface area contributed by atoms with Crippen LogP contribution in [0.1, 0.15) is 44.2 Å². The molecule has 1 unspecified atom stereocenters. The summed E-state index contributed by atoms with van der Waals surface area (Å²) in [5.74, 6) is 1.48. The smallest absolute Gasteiger partial charge is 0.191 e. The highest BCUT2D eigenvalue weighted by molar-refractivity contribution is 5.79. The molecule has 1 aromatic rings. The van der Waals surface area contributed by atoms with Gasteiger partial charge < -0.3 is 15.4 Å². The third kappa shape index (κ3) is 8.25. The number of rotatable bonds is 9. The average Bonchev–Trinajstić information content (AvgIpc) is 2.78. The third-order valence-electron chi connectivity index (χ3n) is 5.93. The molecule has 2 saturated heterocycles. The fourth-order valence-corrected chi connectivity index (χ4v) is 4.20. The van der Waals surface area contributed by atoms with Crippen LogP contribution in [0, 0.1) is 5.92 Å². The molecule has 0 amide bonds. The molecule has 168 valence electrons. The quantitative estimate of drug-likeness (QED) is 0.480. The van der Waals surface area contributed by atoms with E-state index in [-0.39, 0.29) is 0 Å². The van der Waals surface area contributed by atoms with Crippen molar-refractivity contribution in [3.63, 3.8) is 0 Å². The van der Waals surface area contributed by atoms with Gasteiger partial charge >= 0.3 is 0 Å². The standard InChI is InChI=1S/C24H41N5O/c1-3-25-24(26-17-21(2)19-29-13-15-30-16-14-29)27-18-22-7-9-23(10-8-22)20-28-11-5-4-6-12-28/h7-10,21H,3-6,11-20H2,1-2H3,(H2,25,26,27). The van der Waals surface area contributed by atoms with Crippen molar-refractivity contribution in [2.45, 2.75) is 46.2 Å². The molecule has 2 fully saturated rings. The highest BCUT2D eigenvalue weighted by Gasteiger charge is 2.14. The van der Waals surface area contributed by atoms with Gasteiger partial charge in [-0.1, -0.05) is 37.6 Å². The van der Waals surface area contributed by atoms with Gasteiger partial charge in [-0.05, 0) is 49.9 Å². The van der Waals surface area contributed by atoms with Gasteiger partial charge in [-0.2, -0.15) is 0 Å². The molecule has 0 aliphatic carbocycles. The van der Waals surface area contributed by atoms with Crippen LogP contribution in [-0.4, -0.2) is 74.8 Å². The minimum Gasteiger partial charge on any atom is -0.379 e. The molecule has 0 radical (unpaired) electrons. The topological polar surface area (TPSA) is 52.1 Å². The maximum atomic E-state index is 5.44. The Bertz CT molecular complexity index is 621. The average molecular weight is 416 g/mol. The second-order valence-corrected chi connectivity index (χ2v) is 8.75. The Labute approximate surface area is 183 Å². The van der Waals surface area contributed by atoms with E-state index in [1.165, 1.54) is 43.5 Å². The van der Waals surface area contributed by atoms with Crippen LogP contribution in [0.3, 0.4) is 0 Å². The maximum absolute atomic E-state index is 5.44. The van der Waals surface area contributed by atoms with Gasteiger partial charge in [0.15, 0.2) is 5.96 Å². The van der Waals surface area contributed by atoms with Gasteiger partial charge in [-0.3, -0.25) is 9.80 Å². The van der Waals surface area contributed by atoms with Crippen molar-refractivity contribution >= 4 is 5.96 Å². The van der Waals surface area contributed by atoms with Crippen LogP contribution in [0.4, 0.5) is 0 Å². The molecule has 1 atom stereocenters. The van der Waals surface area contributed by atoms with E-state index in [2.05, 4.69) is 58.5 Å². The zero-order valence-corrected chi connectivity index (χ0v) is 19.0. The van der Waals surface area contributed by atoms with Crippen molar-refractivity contribution in [1.29, 1.82) is 0 Å². The number of likely N-dealkylation sites (tertiary alicyclic amines) is 1.